The van der Waals surface area contributed by atoms with E-state index in [9.17, 15) is 9.90 Å². The molecule has 0 aliphatic heterocycles. The third-order valence-electron chi connectivity index (χ3n) is 5.00. The van der Waals surface area contributed by atoms with E-state index in [2.05, 4.69) is 20.5 Å². The van der Waals surface area contributed by atoms with Gasteiger partial charge in [-0.2, -0.15) is 0 Å². The molecule has 2 bridgehead atoms. The monoisotopic (exact) mass is 287 g/mol. The summed E-state index contributed by atoms with van der Waals surface area (Å²) in [4.78, 5) is 15.9. The SMILES string of the molecule is Cc1nnc2c(NC3C4CCC(C4)C3C(=O)O)nccn12. The van der Waals surface area contributed by atoms with Gasteiger partial charge < -0.3 is 10.4 Å². The van der Waals surface area contributed by atoms with Gasteiger partial charge in [0.2, 0.25) is 5.65 Å². The van der Waals surface area contributed by atoms with Crippen LogP contribution in [-0.4, -0.2) is 36.7 Å². The molecule has 4 rings (SSSR count). The number of anilines is 1. The molecule has 0 amide bonds. The smallest absolute Gasteiger partial charge is 0.308 e. The maximum atomic E-state index is 11.6. The number of fused-ring (bicyclic) bond motifs is 3. The molecule has 0 spiro atoms. The molecule has 4 atom stereocenters. The molecule has 0 aromatic carbocycles. The summed E-state index contributed by atoms with van der Waals surface area (Å²) in [6, 6.07) is -0.0584. The first-order valence-corrected chi connectivity index (χ1v) is 7.31. The van der Waals surface area contributed by atoms with Gasteiger partial charge in [0.25, 0.3) is 0 Å². The number of aliphatic carboxylic acids is 1. The molecule has 4 unspecified atom stereocenters. The van der Waals surface area contributed by atoms with Gasteiger partial charge in [-0.1, -0.05) is 0 Å². The number of aryl methyl sites for hydroxylation is 1. The topological polar surface area (TPSA) is 92.4 Å². The Hall–Kier alpha value is -2.18. The van der Waals surface area contributed by atoms with E-state index >= 15 is 0 Å². The van der Waals surface area contributed by atoms with Gasteiger partial charge >= 0.3 is 5.97 Å². The minimum absolute atomic E-state index is 0.0584. The number of nitrogens with one attached hydrogen (secondary N) is 1. The molecule has 2 heterocycles. The van der Waals surface area contributed by atoms with Crippen LogP contribution in [0, 0.1) is 24.7 Å². The highest BCUT2D eigenvalue weighted by molar-refractivity contribution is 5.74. The summed E-state index contributed by atoms with van der Waals surface area (Å²) in [6.45, 7) is 1.88. The molecular formula is C14H17N5O2. The Morgan fingerprint density at radius 3 is 3.00 bits per heavy atom. The summed E-state index contributed by atoms with van der Waals surface area (Å²) in [5, 5.41) is 21.0. The summed E-state index contributed by atoms with van der Waals surface area (Å²) >= 11 is 0. The average Bonchev–Trinajstić information content (AvgIpc) is 3.14. The van der Waals surface area contributed by atoms with Crippen molar-refractivity contribution in [3.63, 3.8) is 0 Å². The largest absolute Gasteiger partial charge is 0.481 e. The molecule has 2 fully saturated rings. The van der Waals surface area contributed by atoms with Crippen molar-refractivity contribution in [2.24, 2.45) is 17.8 Å². The van der Waals surface area contributed by atoms with Crippen molar-refractivity contribution in [2.75, 3.05) is 5.32 Å². The maximum absolute atomic E-state index is 11.6. The lowest BCUT2D eigenvalue weighted by Gasteiger charge is -2.29. The van der Waals surface area contributed by atoms with Gasteiger partial charge in [0.15, 0.2) is 5.82 Å². The van der Waals surface area contributed by atoms with Crippen LogP contribution in [-0.2, 0) is 4.79 Å². The maximum Gasteiger partial charge on any atom is 0.308 e. The number of hydrogen-bond donors (Lipinski definition) is 2. The van der Waals surface area contributed by atoms with Gasteiger partial charge in [-0.15, -0.1) is 10.2 Å². The van der Waals surface area contributed by atoms with Crippen LogP contribution in [0.4, 0.5) is 5.82 Å². The molecular weight excluding hydrogens is 270 g/mol. The summed E-state index contributed by atoms with van der Waals surface area (Å²) in [5.41, 5.74) is 0.655. The van der Waals surface area contributed by atoms with Crippen molar-refractivity contribution >= 4 is 17.4 Å². The van der Waals surface area contributed by atoms with Gasteiger partial charge in [-0.05, 0) is 38.0 Å². The molecule has 0 saturated heterocycles. The van der Waals surface area contributed by atoms with E-state index in [4.69, 9.17) is 0 Å². The number of rotatable bonds is 3. The fourth-order valence-corrected chi connectivity index (χ4v) is 4.06. The number of aromatic nitrogens is 4. The standard InChI is InChI=1S/C14H17N5O2/c1-7-17-18-13-12(15-4-5-19(7)13)16-11-9-3-2-8(6-9)10(11)14(20)21/h4-5,8-11H,2-3,6H2,1H3,(H,15,16)(H,20,21). The number of carboxylic acid groups (broad SMARTS) is 1. The zero-order valence-corrected chi connectivity index (χ0v) is 11.7. The van der Waals surface area contributed by atoms with Crippen LogP contribution in [0.2, 0.25) is 0 Å². The van der Waals surface area contributed by atoms with Crippen molar-refractivity contribution in [1.29, 1.82) is 0 Å². The van der Waals surface area contributed by atoms with E-state index < -0.39 is 5.97 Å². The zero-order valence-electron chi connectivity index (χ0n) is 11.7. The Balaban J connectivity index is 1.69. The Bertz CT molecular complexity index is 712. The fraction of sp³-hybridized carbons (Fsp3) is 0.571. The van der Waals surface area contributed by atoms with Gasteiger partial charge in [0, 0.05) is 18.4 Å². The van der Waals surface area contributed by atoms with Crippen LogP contribution in [0.3, 0.4) is 0 Å². The van der Waals surface area contributed by atoms with Crippen LogP contribution in [0.5, 0.6) is 0 Å². The number of carbonyl (C=O) groups is 1. The second-order valence-corrected chi connectivity index (χ2v) is 6.08. The van der Waals surface area contributed by atoms with Crippen molar-refractivity contribution in [1.82, 2.24) is 19.6 Å². The van der Waals surface area contributed by atoms with E-state index in [-0.39, 0.29) is 12.0 Å². The quantitative estimate of drug-likeness (QED) is 0.885. The van der Waals surface area contributed by atoms with Gasteiger partial charge in [0.05, 0.1) is 5.92 Å². The molecule has 0 radical (unpaired) electrons. The van der Waals surface area contributed by atoms with E-state index in [1.807, 2.05) is 17.5 Å². The van der Waals surface area contributed by atoms with Crippen molar-refractivity contribution < 1.29 is 9.90 Å². The highest BCUT2D eigenvalue weighted by atomic mass is 16.4. The summed E-state index contributed by atoms with van der Waals surface area (Å²) in [5.74, 6) is 1.10. The van der Waals surface area contributed by atoms with Gasteiger partial charge in [-0.3, -0.25) is 9.20 Å². The normalized spacial score (nSPS) is 30.9. The molecule has 21 heavy (non-hydrogen) atoms. The Morgan fingerprint density at radius 2 is 2.19 bits per heavy atom. The number of hydrogen-bond acceptors (Lipinski definition) is 5. The molecule has 110 valence electrons. The molecule has 2 aliphatic carbocycles. The highest BCUT2D eigenvalue weighted by Crippen LogP contribution is 2.49. The van der Waals surface area contributed by atoms with Crippen LogP contribution >= 0.6 is 0 Å². The van der Waals surface area contributed by atoms with Crippen LogP contribution < -0.4 is 5.32 Å². The predicted molar refractivity (Wildman–Crippen MR) is 74.9 cm³/mol. The Labute approximate surface area is 121 Å². The molecule has 2 aromatic rings. The van der Waals surface area contributed by atoms with Gasteiger partial charge in [-0.25, -0.2) is 4.98 Å². The molecule has 2 N–H and O–H groups in total. The molecule has 2 aliphatic rings. The summed E-state index contributed by atoms with van der Waals surface area (Å²) < 4.78 is 1.86. The van der Waals surface area contributed by atoms with Crippen molar-refractivity contribution in [2.45, 2.75) is 32.2 Å². The molecule has 7 heteroatoms. The number of nitrogens with zero attached hydrogens (tertiary/aromatic N) is 4. The van der Waals surface area contributed by atoms with Crippen molar-refractivity contribution in [3.8, 4) is 0 Å². The van der Waals surface area contributed by atoms with E-state index in [0.29, 0.717) is 23.3 Å². The van der Waals surface area contributed by atoms with Crippen LogP contribution in [0.25, 0.3) is 5.65 Å². The minimum atomic E-state index is -0.704. The number of carboxylic acids is 1. The lowest BCUT2D eigenvalue weighted by Crippen LogP contribution is -2.39. The second-order valence-electron chi connectivity index (χ2n) is 6.08. The Morgan fingerprint density at radius 1 is 1.38 bits per heavy atom. The minimum Gasteiger partial charge on any atom is -0.481 e. The zero-order chi connectivity index (χ0) is 14.6. The fourth-order valence-electron chi connectivity index (χ4n) is 4.06. The summed E-state index contributed by atoms with van der Waals surface area (Å²) in [6.07, 6.45) is 6.63. The Kier molecular flexibility index (Phi) is 2.63. The highest BCUT2D eigenvalue weighted by Gasteiger charge is 2.51. The summed E-state index contributed by atoms with van der Waals surface area (Å²) in [7, 11) is 0. The van der Waals surface area contributed by atoms with E-state index in [0.717, 1.165) is 25.1 Å². The van der Waals surface area contributed by atoms with E-state index in [1.54, 1.807) is 6.20 Å². The molecule has 2 saturated carbocycles. The van der Waals surface area contributed by atoms with Crippen LogP contribution in [0.1, 0.15) is 25.1 Å². The average molecular weight is 287 g/mol. The van der Waals surface area contributed by atoms with Crippen molar-refractivity contribution in [3.05, 3.63) is 18.2 Å². The lowest BCUT2D eigenvalue weighted by atomic mass is 9.84. The molecule has 2 aromatic heterocycles. The van der Waals surface area contributed by atoms with E-state index in [1.165, 1.54) is 0 Å². The second kappa shape index (κ2) is 4.41. The first-order chi connectivity index (χ1) is 10.1. The predicted octanol–water partition coefficient (Wildman–Crippen LogP) is 1.34. The third-order valence-corrected chi connectivity index (χ3v) is 5.00. The molecule has 7 nitrogen and oxygen atoms in total. The van der Waals surface area contributed by atoms with Crippen LogP contribution in [0.15, 0.2) is 12.4 Å². The first kappa shape index (κ1) is 12.6. The third kappa shape index (κ3) is 1.80. The van der Waals surface area contributed by atoms with Gasteiger partial charge in [0.1, 0.15) is 5.82 Å². The first-order valence-electron chi connectivity index (χ1n) is 7.31. The lowest BCUT2D eigenvalue weighted by molar-refractivity contribution is -0.143.